The van der Waals surface area contributed by atoms with Crippen LogP contribution in [0.5, 0.6) is 0 Å². The quantitative estimate of drug-likeness (QED) is 0.350. The average molecular weight is 345 g/mol. The van der Waals surface area contributed by atoms with Gasteiger partial charge in [-0.1, -0.05) is 18.2 Å². The van der Waals surface area contributed by atoms with E-state index in [1.165, 1.54) is 11.1 Å². The summed E-state index contributed by atoms with van der Waals surface area (Å²) in [7, 11) is 0. The van der Waals surface area contributed by atoms with E-state index in [-0.39, 0.29) is 11.1 Å². The predicted molar refractivity (Wildman–Crippen MR) is 102 cm³/mol. The molecule has 0 amide bonds. The Kier molecular flexibility index (Phi) is 6.37. The second-order valence-electron chi connectivity index (χ2n) is 4.84. The summed E-state index contributed by atoms with van der Waals surface area (Å²) in [6.45, 7) is 0. The summed E-state index contributed by atoms with van der Waals surface area (Å²) in [4.78, 5) is 5.39. The number of thiophene rings is 1. The molecular formula is C16H19N5S2. The second kappa shape index (κ2) is 8.50. The monoisotopic (exact) mass is 345 g/mol. The Labute approximate surface area is 143 Å². The first kappa shape index (κ1) is 17.2. The van der Waals surface area contributed by atoms with Crippen molar-refractivity contribution in [1.29, 1.82) is 10.8 Å². The highest BCUT2D eigenvalue weighted by atomic mass is 32.2. The maximum atomic E-state index is 8.01. The van der Waals surface area contributed by atoms with Crippen molar-refractivity contribution < 1.29 is 0 Å². The van der Waals surface area contributed by atoms with E-state index in [1.54, 1.807) is 35.2 Å². The van der Waals surface area contributed by atoms with Crippen LogP contribution in [0.3, 0.4) is 0 Å². The van der Waals surface area contributed by atoms with Crippen molar-refractivity contribution in [3.8, 4) is 0 Å². The minimum absolute atomic E-state index is 0.0487. The number of benzene rings is 1. The first-order chi connectivity index (χ1) is 11.1. The number of para-hydroxylation sites is 1. The van der Waals surface area contributed by atoms with Gasteiger partial charge in [-0.2, -0.15) is 0 Å². The summed E-state index contributed by atoms with van der Waals surface area (Å²) < 4.78 is 0. The highest BCUT2D eigenvalue weighted by Gasteiger charge is 2.11. The van der Waals surface area contributed by atoms with Gasteiger partial charge in [0, 0.05) is 39.8 Å². The molecule has 1 unspecified atom stereocenters. The van der Waals surface area contributed by atoms with E-state index in [1.807, 2.05) is 23.6 Å². The highest BCUT2D eigenvalue weighted by molar-refractivity contribution is 7.99. The van der Waals surface area contributed by atoms with E-state index < -0.39 is 0 Å². The lowest BCUT2D eigenvalue weighted by atomic mass is 10.1. The second-order valence-corrected chi connectivity index (χ2v) is 7.10. The van der Waals surface area contributed by atoms with Crippen LogP contribution in [0.2, 0.25) is 0 Å². The zero-order valence-electron chi connectivity index (χ0n) is 12.5. The van der Waals surface area contributed by atoms with Gasteiger partial charge in [0.05, 0.1) is 0 Å². The van der Waals surface area contributed by atoms with Crippen LogP contribution in [0.15, 0.2) is 46.8 Å². The van der Waals surface area contributed by atoms with Crippen LogP contribution in [-0.2, 0) is 5.75 Å². The molecule has 23 heavy (non-hydrogen) atoms. The highest BCUT2D eigenvalue weighted by Crippen LogP contribution is 2.22. The predicted octanol–water partition coefficient (Wildman–Crippen LogP) is 3.35. The van der Waals surface area contributed by atoms with Gasteiger partial charge < -0.3 is 16.9 Å². The molecule has 2 aromatic rings. The summed E-state index contributed by atoms with van der Waals surface area (Å²) in [5.41, 5.74) is 12.8. The fraction of sp³-hybridized carbons (Fsp3) is 0.188. The molecule has 0 spiro atoms. The molecule has 0 aliphatic carbocycles. The number of rotatable bonds is 7. The Morgan fingerprint density at radius 3 is 2.74 bits per heavy atom. The van der Waals surface area contributed by atoms with Gasteiger partial charge in [0.1, 0.15) is 5.84 Å². The normalized spacial score (nSPS) is 12.8. The topological polar surface area (TPSA) is 112 Å². The molecule has 0 aliphatic rings. The van der Waals surface area contributed by atoms with Crippen LogP contribution in [0.4, 0.5) is 5.69 Å². The number of hydrogen-bond donors (Lipinski definition) is 4. The molecular weight excluding hydrogens is 326 g/mol. The Morgan fingerprint density at radius 1 is 1.30 bits per heavy atom. The molecule has 1 heterocycles. The van der Waals surface area contributed by atoms with E-state index in [4.69, 9.17) is 22.3 Å². The molecule has 120 valence electrons. The van der Waals surface area contributed by atoms with Crippen LogP contribution in [0.1, 0.15) is 16.9 Å². The molecule has 5 nitrogen and oxygen atoms in total. The lowest BCUT2D eigenvalue weighted by molar-refractivity contribution is 1.15. The fourth-order valence-electron chi connectivity index (χ4n) is 1.92. The number of hydrogen-bond acceptors (Lipinski definition) is 5. The number of nitrogens with zero attached hydrogens (tertiary/aromatic N) is 1. The smallest absolute Gasteiger partial charge is 0.155 e. The third-order valence-corrected chi connectivity index (χ3v) is 5.35. The van der Waals surface area contributed by atoms with E-state index in [0.29, 0.717) is 23.5 Å². The number of nitrogen functional groups attached to an aromatic ring is 1. The summed E-state index contributed by atoms with van der Waals surface area (Å²) in [6.07, 6.45) is 1.82. The molecule has 0 saturated carbocycles. The summed E-state index contributed by atoms with van der Waals surface area (Å²) >= 11 is 3.34. The van der Waals surface area contributed by atoms with Crippen molar-refractivity contribution in [2.24, 2.45) is 10.7 Å². The molecule has 1 aromatic heterocycles. The van der Waals surface area contributed by atoms with Crippen molar-refractivity contribution in [1.82, 2.24) is 0 Å². The molecule has 1 aromatic carbocycles. The van der Waals surface area contributed by atoms with Gasteiger partial charge in [-0.05, 0) is 23.6 Å². The van der Waals surface area contributed by atoms with Gasteiger partial charge in [-0.3, -0.25) is 5.41 Å². The number of thioether (sulfide) groups is 1. The van der Waals surface area contributed by atoms with Gasteiger partial charge in [0.15, 0.2) is 5.84 Å². The molecule has 1 atom stereocenters. The number of amidine groups is 2. The maximum absolute atomic E-state index is 8.01. The molecule has 0 radical (unpaired) electrons. The Balaban J connectivity index is 1.95. The minimum Gasteiger partial charge on any atom is -0.398 e. The van der Waals surface area contributed by atoms with E-state index in [0.717, 1.165) is 5.75 Å². The minimum atomic E-state index is -0.0539. The zero-order valence-corrected chi connectivity index (χ0v) is 14.2. The fourth-order valence-corrected chi connectivity index (χ4v) is 3.74. The van der Waals surface area contributed by atoms with E-state index in [9.17, 15) is 0 Å². The Morgan fingerprint density at radius 2 is 2.09 bits per heavy atom. The van der Waals surface area contributed by atoms with Crippen LogP contribution < -0.4 is 11.5 Å². The number of anilines is 1. The molecule has 0 fully saturated rings. The maximum Gasteiger partial charge on any atom is 0.155 e. The Hall–Kier alpha value is -2.12. The van der Waals surface area contributed by atoms with Gasteiger partial charge in [0.25, 0.3) is 0 Å². The summed E-state index contributed by atoms with van der Waals surface area (Å²) in [5.74, 6) is 1.23. The summed E-state index contributed by atoms with van der Waals surface area (Å²) in [5, 5.41) is 17.5. The standard InChI is InChI=1S/C16H19N5S2/c17-9-12(23-10-11-4-3-7-22-11)8-15(19)21-16(20)13-5-1-2-6-14(13)18/h1-7,9,12,17H,8,10,18H2,(H3,19,20,21). The average Bonchev–Trinajstić information content (AvgIpc) is 3.05. The molecule has 6 N–H and O–H groups in total. The largest absolute Gasteiger partial charge is 0.398 e. The van der Waals surface area contributed by atoms with Gasteiger partial charge >= 0.3 is 0 Å². The van der Waals surface area contributed by atoms with Gasteiger partial charge in [-0.25, -0.2) is 4.99 Å². The van der Waals surface area contributed by atoms with Crippen molar-refractivity contribution >= 4 is 46.7 Å². The van der Waals surface area contributed by atoms with Crippen molar-refractivity contribution in [3.05, 3.63) is 52.2 Å². The van der Waals surface area contributed by atoms with Gasteiger partial charge in [0.2, 0.25) is 0 Å². The molecule has 7 heteroatoms. The Bertz CT molecular complexity index is 694. The zero-order chi connectivity index (χ0) is 16.7. The van der Waals surface area contributed by atoms with E-state index >= 15 is 0 Å². The summed E-state index contributed by atoms with van der Waals surface area (Å²) in [6, 6.07) is 11.2. The van der Waals surface area contributed by atoms with E-state index in [2.05, 4.69) is 11.1 Å². The van der Waals surface area contributed by atoms with Crippen LogP contribution >= 0.6 is 23.1 Å². The van der Waals surface area contributed by atoms with Crippen molar-refractivity contribution in [3.63, 3.8) is 0 Å². The molecule has 0 bridgehead atoms. The first-order valence-corrected chi connectivity index (χ1v) is 8.94. The van der Waals surface area contributed by atoms with Crippen LogP contribution in [-0.4, -0.2) is 23.1 Å². The van der Waals surface area contributed by atoms with Crippen LogP contribution in [0, 0.1) is 10.8 Å². The number of nitrogens with two attached hydrogens (primary N) is 2. The van der Waals surface area contributed by atoms with Crippen LogP contribution in [0.25, 0.3) is 0 Å². The van der Waals surface area contributed by atoms with Crippen molar-refractivity contribution in [2.45, 2.75) is 17.4 Å². The molecule has 2 rings (SSSR count). The first-order valence-electron chi connectivity index (χ1n) is 7.01. The lowest BCUT2D eigenvalue weighted by Crippen LogP contribution is -2.21. The SMILES string of the molecule is N=CC(CC(N)=NC(=N)c1ccccc1N)SCc1cccs1. The lowest BCUT2D eigenvalue weighted by Gasteiger charge is -2.11. The van der Waals surface area contributed by atoms with Gasteiger partial charge in [-0.15, -0.1) is 23.1 Å². The molecule has 0 aliphatic heterocycles. The number of nitrogens with one attached hydrogen (secondary N) is 2. The third-order valence-electron chi connectivity index (χ3n) is 3.09. The third kappa shape index (κ3) is 5.22. The van der Waals surface area contributed by atoms with Crippen molar-refractivity contribution in [2.75, 3.05) is 5.73 Å². The molecule has 0 saturated heterocycles. The number of aliphatic imine (C=N–C) groups is 1.